The predicted octanol–water partition coefficient (Wildman–Crippen LogP) is 1.83. The molecule has 0 aliphatic heterocycles. The van der Waals surface area contributed by atoms with Crippen molar-refractivity contribution in [2.75, 3.05) is 26.8 Å². The first kappa shape index (κ1) is 20.9. The fourth-order valence-corrected chi connectivity index (χ4v) is 4.35. The van der Waals surface area contributed by atoms with Crippen molar-refractivity contribution >= 4 is 10.0 Å². The van der Waals surface area contributed by atoms with Crippen molar-refractivity contribution in [3.05, 3.63) is 24.3 Å². The summed E-state index contributed by atoms with van der Waals surface area (Å²) in [6.07, 6.45) is 2.19. The number of methoxy groups -OCH3 is 1. The Morgan fingerprint density at radius 2 is 1.83 bits per heavy atom. The van der Waals surface area contributed by atoms with E-state index >= 15 is 0 Å². The summed E-state index contributed by atoms with van der Waals surface area (Å²) in [7, 11) is -2.15. The van der Waals surface area contributed by atoms with Gasteiger partial charge in [-0.2, -0.15) is 4.31 Å². The van der Waals surface area contributed by atoms with Crippen molar-refractivity contribution in [2.24, 2.45) is 11.7 Å². The normalized spacial score (nSPS) is 13.5. The van der Waals surface area contributed by atoms with E-state index in [2.05, 4.69) is 0 Å². The molecular formula is C17H30N2O4S. The number of ether oxygens (including phenoxy) is 1. The SMILES string of the molecule is COc1ccc(S(=O)(=O)N(CC(C)C)[C@H](CO)CCCCN)cc1. The average molecular weight is 359 g/mol. The van der Waals surface area contributed by atoms with Gasteiger partial charge in [-0.25, -0.2) is 8.42 Å². The zero-order chi connectivity index (χ0) is 18.2. The molecule has 0 radical (unpaired) electrons. The number of hydrogen-bond acceptors (Lipinski definition) is 5. The molecule has 6 nitrogen and oxygen atoms in total. The molecule has 0 heterocycles. The maximum absolute atomic E-state index is 13.0. The second-order valence-electron chi connectivity index (χ2n) is 6.26. The number of unbranched alkanes of at least 4 members (excludes halogenated alkanes) is 1. The number of nitrogens with two attached hydrogens (primary N) is 1. The number of rotatable bonds is 11. The van der Waals surface area contributed by atoms with Crippen molar-refractivity contribution in [1.82, 2.24) is 4.31 Å². The van der Waals surface area contributed by atoms with Gasteiger partial charge in [0.05, 0.1) is 18.6 Å². The molecule has 1 aromatic carbocycles. The van der Waals surface area contributed by atoms with Crippen LogP contribution in [0, 0.1) is 5.92 Å². The van der Waals surface area contributed by atoms with Crippen LogP contribution in [-0.2, 0) is 10.0 Å². The van der Waals surface area contributed by atoms with E-state index in [-0.39, 0.29) is 17.4 Å². The summed E-state index contributed by atoms with van der Waals surface area (Å²) in [5.74, 6) is 0.757. The van der Waals surface area contributed by atoms with Crippen molar-refractivity contribution in [1.29, 1.82) is 0 Å². The zero-order valence-electron chi connectivity index (χ0n) is 14.8. The van der Waals surface area contributed by atoms with Gasteiger partial charge in [-0.05, 0) is 49.6 Å². The molecule has 0 saturated carbocycles. The Labute approximate surface area is 145 Å². The Balaban J connectivity index is 3.10. The summed E-state index contributed by atoms with van der Waals surface area (Å²) in [5.41, 5.74) is 5.51. The van der Waals surface area contributed by atoms with E-state index in [1.165, 1.54) is 23.5 Å². The zero-order valence-corrected chi connectivity index (χ0v) is 15.6. The lowest BCUT2D eigenvalue weighted by molar-refractivity contribution is 0.168. The van der Waals surface area contributed by atoms with Gasteiger partial charge >= 0.3 is 0 Å². The molecule has 0 saturated heterocycles. The minimum absolute atomic E-state index is 0.154. The predicted molar refractivity (Wildman–Crippen MR) is 95.5 cm³/mol. The third kappa shape index (κ3) is 5.73. The van der Waals surface area contributed by atoms with Crippen LogP contribution >= 0.6 is 0 Å². The number of benzene rings is 1. The first-order chi connectivity index (χ1) is 11.4. The van der Waals surface area contributed by atoms with Crippen LogP contribution in [0.15, 0.2) is 29.2 Å². The summed E-state index contributed by atoms with van der Waals surface area (Å²) in [6, 6.07) is 5.89. The Hall–Kier alpha value is -1.15. The number of aliphatic hydroxyl groups is 1. The summed E-state index contributed by atoms with van der Waals surface area (Å²) >= 11 is 0. The summed E-state index contributed by atoms with van der Waals surface area (Å²) in [5, 5.41) is 9.74. The fraction of sp³-hybridized carbons (Fsp3) is 0.647. The van der Waals surface area contributed by atoms with E-state index in [9.17, 15) is 13.5 Å². The Kier molecular flexibility index (Phi) is 8.69. The van der Waals surface area contributed by atoms with Crippen LogP contribution in [0.2, 0.25) is 0 Å². The highest BCUT2D eigenvalue weighted by molar-refractivity contribution is 7.89. The molecule has 1 atom stereocenters. The van der Waals surface area contributed by atoms with Gasteiger partial charge in [-0.15, -0.1) is 0 Å². The highest BCUT2D eigenvalue weighted by atomic mass is 32.2. The molecule has 24 heavy (non-hydrogen) atoms. The molecule has 1 aromatic rings. The van der Waals surface area contributed by atoms with Crippen LogP contribution in [0.5, 0.6) is 5.75 Å². The number of nitrogens with zero attached hydrogens (tertiary/aromatic N) is 1. The molecule has 0 aliphatic carbocycles. The van der Waals surface area contributed by atoms with Crippen LogP contribution in [0.3, 0.4) is 0 Å². The molecule has 0 fully saturated rings. The summed E-state index contributed by atoms with van der Waals surface area (Å²) < 4.78 is 32.6. The van der Waals surface area contributed by atoms with Crippen LogP contribution in [-0.4, -0.2) is 50.7 Å². The Bertz CT molecular complexity index is 573. The van der Waals surface area contributed by atoms with Gasteiger partial charge in [0, 0.05) is 12.6 Å². The monoisotopic (exact) mass is 358 g/mol. The lowest BCUT2D eigenvalue weighted by Crippen LogP contribution is -2.44. The molecule has 0 aliphatic rings. The Morgan fingerprint density at radius 1 is 1.21 bits per heavy atom. The van der Waals surface area contributed by atoms with Crippen molar-refractivity contribution in [2.45, 2.75) is 44.0 Å². The fourth-order valence-electron chi connectivity index (χ4n) is 2.54. The third-order valence-electron chi connectivity index (χ3n) is 3.82. The quantitative estimate of drug-likeness (QED) is 0.589. The van der Waals surface area contributed by atoms with Gasteiger partial charge in [0.1, 0.15) is 5.75 Å². The van der Waals surface area contributed by atoms with E-state index in [0.717, 1.165) is 12.8 Å². The van der Waals surface area contributed by atoms with Crippen molar-refractivity contribution < 1.29 is 18.3 Å². The number of aliphatic hydroxyl groups excluding tert-OH is 1. The second kappa shape index (κ2) is 9.98. The van der Waals surface area contributed by atoms with E-state index in [1.807, 2.05) is 13.8 Å². The largest absolute Gasteiger partial charge is 0.497 e. The molecule has 0 unspecified atom stereocenters. The minimum atomic E-state index is -3.68. The molecule has 0 bridgehead atoms. The Morgan fingerprint density at radius 3 is 2.29 bits per heavy atom. The maximum Gasteiger partial charge on any atom is 0.243 e. The summed E-state index contributed by atoms with van der Waals surface area (Å²) in [6.45, 7) is 4.65. The molecule has 0 amide bonds. The highest BCUT2D eigenvalue weighted by Crippen LogP contribution is 2.24. The minimum Gasteiger partial charge on any atom is -0.497 e. The van der Waals surface area contributed by atoms with Crippen LogP contribution in [0.4, 0.5) is 0 Å². The molecule has 0 spiro atoms. The second-order valence-corrected chi connectivity index (χ2v) is 8.16. The van der Waals surface area contributed by atoms with E-state index in [0.29, 0.717) is 25.3 Å². The third-order valence-corrected chi connectivity index (χ3v) is 5.75. The van der Waals surface area contributed by atoms with Gasteiger partial charge < -0.3 is 15.6 Å². The lowest BCUT2D eigenvalue weighted by Gasteiger charge is -2.31. The van der Waals surface area contributed by atoms with E-state index in [4.69, 9.17) is 10.5 Å². The average Bonchev–Trinajstić information content (AvgIpc) is 2.57. The standard InChI is InChI=1S/C17H30N2O4S/c1-14(2)12-19(15(13-20)6-4-5-11-18)24(21,22)17-9-7-16(23-3)8-10-17/h7-10,14-15,20H,4-6,11-13,18H2,1-3H3/t15-/m0/s1. The first-order valence-corrected chi connectivity index (χ1v) is 9.77. The van der Waals surface area contributed by atoms with Gasteiger partial charge in [0.25, 0.3) is 0 Å². The van der Waals surface area contributed by atoms with E-state index in [1.54, 1.807) is 12.1 Å². The van der Waals surface area contributed by atoms with Crippen molar-refractivity contribution in [3.8, 4) is 5.75 Å². The topological polar surface area (TPSA) is 92.9 Å². The van der Waals surface area contributed by atoms with Gasteiger partial charge in [0.15, 0.2) is 0 Å². The van der Waals surface area contributed by atoms with Crippen molar-refractivity contribution in [3.63, 3.8) is 0 Å². The highest BCUT2D eigenvalue weighted by Gasteiger charge is 2.31. The lowest BCUT2D eigenvalue weighted by atomic mass is 10.1. The van der Waals surface area contributed by atoms with Gasteiger partial charge in [-0.3, -0.25) is 0 Å². The van der Waals surface area contributed by atoms with Crippen LogP contribution < -0.4 is 10.5 Å². The maximum atomic E-state index is 13.0. The van der Waals surface area contributed by atoms with Gasteiger partial charge in [0.2, 0.25) is 10.0 Å². The van der Waals surface area contributed by atoms with Crippen LogP contribution in [0.1, 0.15) is 33.1 Å². The molecular weight excluding hydrogens is 328 g/mol. The summed E-state index contributed by atoms with van der Waals surface area (Å²) in [4.78, 5) is 0.209. The molecule has 0 aromatic heterocycles. The molecule has 138 valence electrons. The first-order valence-electron chi connectivity index (χ1n) is 8.33. The van der Waals surface area contributed by atoms with Gasteiger partial charge in [-0.1, -0.05) is 20.3 Å². The van der Waals surface area contributed by atoms with Crippen LogP contribution in [0.25, 0.3) is 0 Å². The molecule has 7 heteroatoms. The smallest absolute Gasteiger partial charge is 0.243 e. The van der Waals surface area contributed by atoms with E-state index < -0.39 is 16.1 Å². The number of sulfonamides is 1. The molecule has 3 N–H and O–H groups in total. The molecule has 1 rings (SSSR count). The number of hydrogen-bond donors (Lipinski definition) is 2.